The second kappa shape index (κ2) is 16.2. The predicted octanol–water partition coefficient (Wildman–Crippen LogP) is 6.40. The molecule has 0 radical (unpaired) electrons. The van der Waals surface area contributed by atoms with Crippen molar-refractivity contribution in [2.75, 3.05) is 13.2 Å². The summed E-state index contributed by atoms with van der Waals surface area (Å²) in [6.45, 7) is 6.85. The minimum absolute atomic E-state index is 0.0408. The van der Waals surface area contributed by atoms with Gasteiger partial charge in [-0.3, -0.25) is 9.59 Å². The van der Waals surface area contributed by atoms with E-state index >= 15 is 0 Å². The Hall–Kier alpha value is -1.58. The van der Waals surface area contributed by atoms with Crippen LogP contribution in [0.4, 0.5) is 0 Å². The van der Waals surface area contributed by atoms with Crippen LogP contribution in [0.5, 0.6) is 0 Å². The van der Waals surface area contributed by atoms with Crippen LogP contribution in [0.3, 0.4) is 0 Å². The number of carbonyl (C=O) groups is 2. The van der Waals surface area contributed by atoms with Gasteiger partial charge in [-0.25, -0.2) is 0 Å². The molecule has 166 valence electrons. The Kier molecular flexibility index (Phi) is 14.3. The molecule has 29 heavy (non-hydrogen) atoms. The van der Waals surface area contributed by atoms with Crippen molar-refractivity contribution in [3.05, 3.63) is 24.3 Å². The van der Waals surface area contributed by atoms with Crippen molar-refractivity contribution >= 4 is 11.9 Å². The summed E-state index contributed by atoms with van der Waals surface area (Å²) in [5.74, 6) is 0.500. The van der Waals surface area contributed by atoms with Gasteiger partial charge in [0.2, 0.25) is 0 Å². The maximum Gasteiger partial charge on any atom is 0.309 e. The Labute approximate surface area is 178 Å². The molecule has 0 saturated heterocycles. The first-order valence-corrected chi connectivity index (χ1v) is 11.8. The lowest BCUT2D eigenvalue weighted by molar-refractivity contribution is -0.149. The molecule has 4 nitrogen and oxygen atoms in total. The monoisotopic (exact) mass is 406 g/mol. The van der Waals surface area contributed by atoms with Gasteiger partial charge in [0.05, 0.1) is 19.1 Å². The topological polar surface area (TPSA) is 52.6 Å². The highest BCUT2D eigenvalue weighted by Crippen LogP contribution is 2.33. The SMILES string of the molecule is CCCC[C@@H]1C=C[C@@H](/C=C/CCCCCCCC(=O)OCC)[C@@H](C(=O)OCC)C1. The van der Waals surface area contributed by atoms with Gasteiger partial charge >= 0.3 is 11.9 Å². The molecule has 0 N–H and O–H groups in total. The second-order valence-corrected chi connectivity index (χ2v) is 8.00. The molecule has 0 amide bonds. The quantitative estimate of drug-likeness (QED) is 0.179. The normalized spacial score (nSPS) is 21.4. The second-order valence-electron chi connectivity index (χ2n) is 8.00. The van der Waals surface area contributed by atoms with Crippen LogP contribution < -0.4 is 0 Å². The van der Waals surface area contributed by atoms with Crippen molar-refractivity contribution in [2.24, 2.45) is 17.8 Å². The van der Waals surface area contributed by atoms with Gasteiger partial charge < -0.3 is 9.47 Å². The van der Waals surface area contributed by atoms with Crippen molar-refractivity contribution < 1.29 is 19.1 Å². The molecule has 0 aliphatic heterocycles. The zero-order valence-corrected chi connectivity index (χ0v) is 18.9. The number of unbranched alkanes of at least 4 members (excludes halogenated alkanes) is 6. The van der Waals surface area contributed by atoms with Gasteiger partial charge in [0.25, 0.3) is 0 Å². The molecule has 3 atom stereocenters. The Morgan fingerprint density at radius 3 is 2.38 bits per heavy atom. The van der Waals surface area contributed by atoms with E-state index in [1.807, 2.05) is 13.8 Å². The first-order valence-electron chi connectivity index (χ1n) is 11.8. The minimum Gasteiger partial charge on any atom is -0.466 e. The number of hydrogen-bond donors (Lipinski definition) is 0. The molecule has 0 heterocycles. The third-order valence-electron chi connectivity index (χ3n) is 5.56. The molecular formula is C25H42O4. The van der Waals surface area contributed by atoms with Gasteiger partial charge in [0.15, 0.2) is 0 Å². The molecule has 1 aliphatic rings. The largest absolute Gasteiger partial charge is 0.466 e. The van der Waals surface area contributed by atoms with Gasteiger partial charge in [-0.15, -0.1) is 0 Å². The maximum absolute atomic E-state index is 12.4. The van der Waals surface area contributed by atoms with E-state index in [-0.39, 0.29) is 23.8 Å². The molecule has 4 heteroatoms. The van der Waals surface area contributed by atoms with Crippen LogP contribution in [0, 0.1) is 17.8 Å². The smallest absolute Gasteiger partial charge is 0.309 e. The van der Waals surface area contributed by atoms with Gasteiger partial charge in [-0.05, 0) is 51.9 Å². The molecular weight excluding hydrogens is 364 g/mol. The van der Waals surface area contributed by atoms with E-state index in [4.69, 9.17) is 9.47 Å². The summed E-state index contributed by atoms with van der Waals surface area (Å²) in [7, 11) is 0. The fourth-order valence-corrected chi connectivity index (χ4v) is 3.91. The third kappa shape index (κ3) is 11.3. The average Bonchev–Trinajstić information content (AvgIpc) is 2.71. The summed E-state index contributed by atoms with van der Waals surface area (Å²) < 4.78 is 10.3. The number of carbonyl (C=O) groups excluding carboxylic acids is 2. The number of ether oxygens (including phenoxy) is 2. The van der Waals surface area contributed by atoms with E-state index in [1.165, 1.54) is 19.3 Å². The summed E-state index contributed by atoms with van der Waals surface area (Å²) in [6, 6.07) is 0. The molecule has 0 unspecified atom stereocenters. The van der Waals surface area contributed by atoms with Crippen molar-refractivity contribution in [3.8, 4) is 0 Å². The summed E-state index contributed by atoms with van der Waals surface area (Å²) in [6.07, 6.45) is 20.5. The lowest BCUT2D eigenvalue weighted by atomic mass is 9.77. The van der Waals surface area contributed by atoms with Crippen LogP contribution in [0.25, 0.3) is 0 Å². The van der Waals surface area contributed by atoms with Crippen molar-refractivity contribution in [3.63, 3.8) is 0 Å². The lowest BCUT2D eigenvalue weighted by Crippen LogP contribution is -2.29. The summed E-state index contributed by atoms with van der Waals surface area (Å²) in [4.78, 5) is 23.7. The molecule has 0 saturated carbocycles. The van der Waals surface area contributed by atoms with Gasteiger partial charge in [0, 0.05) is 12.3 Å². The highest BCUT2D eigenvalue weighted by Gasteiger charge is 2.31. The fourth-order valence-electron chi connectivity index (χ4n) is 3.91. The number of esters is 2. The van der Waals surface area contributed by atoms with Gasteiger partial charge in [-0.1, -0.05) is 63.3 Å². The van der Waals surface area contributed by atoms with E-state index in [0.29, 0.717) is 25.6 Å². The van der Waals surface area contributed by atoms with Gasteiger partial charge in [-0.2, -0.15) is 0 Å². The molecule has 0 aromatic carbocycles. The first-order chi connectivity index (χ1) is 14.1. The zero-order valence-electron chi connectivity index (χ0n) is 18.9. The molecule has 0 spiro atoms. The van der Waals surface area contributed by atoms with E-state index in [1.54, 1.807) is 0 Å². The number of hydrogen-bond acceptors (Lipinski definition) is 4. The van der Waals surface area contributed by atoms with Crippen molar-refractivity contribution in [1.29, 1.82) is 0 Å². The van der Waals surface area contributed by atoms with Crippen molar-refractivity contribution in [2.45, 2.75) is 91.4 Å². The highest BCUT2D eigenvalue weighted by atomic mass is 16.5. The number of allylic oxidation sites excluding steroid dienone is 4. The zero-order chi connectivity index (χ0) is 21.3. The van der Waals surface area contributed by atoms with E-state index in [2.05, 4.69) is 31.2 Å². The highest BCUT2D eigenvalue weighted by molar-refractivity contribution is 5.73. The van der Waals surface area contributed by atoms with Crippen LogP contribution in [-0.4, -0.2) is 25.2 Å². The van der Waals surface area contributed by atoms with E-state index in [0.717, 1.165) is 44.9 Å². The van der Waals surface area contributed by atoms with Crippen LogP contribution in [-0.2, 0) is 19.1 Å². The molecule has 0 bridgehead atoms. The first kappa shape index (κ1) is 25.5. The van der Waals surface area contributed by atoms with Crippen LogP contribution in [0.15, 0.2) is 24.3 Å². The Morgan fingerprint density at radius 1 is 0.931 bits per heavy atom. The predicted molar refractivity (Wildman–Crippen MR) is 118 cm³/mol. The Balaban J connectivity index is 2.32. The van der Waals surface area contributed by atoms with E-state index < -0.39 is 0 Å². The van der Waals surface area contributed by atoms with Gasteiger partial charge in [0.1, 0.15) is 0 Å². The molecule has 1 rings (SSSR count). The molecule has 0 aromatic heterocycles. The van der Waals surface area contributed by atoms with Crippen LogP contribution in [0.2, 0.25) is 0 Å². The number of rotatable bonds is 15. The minimum atomic E-state index is -0.0796. The maximum atomic E-state index is 12.4. The van der Waals surface area contributed by atoms with Crippen molar-refractivity contribution in [1.82, 2.24) is 0 Å². The van der Waals surface area contributed by atoms with E-state index in [9.17, 15) is 9.59 Å². The molecule has 0 fully saturated rings. The Morgan fingerprint density at radius 2 is 1.66 bits per heavy atom. The molecule has 0 aromatic rings. The van der Waals surface area contributed by atoms with Crippen LogP contribution >= 0.6 is 0 Å². The Bertz CT molecular complexity index is 509. The summed E-state index contributed by atoms with van der Waals surface area (Å²) in [5.41, 5.74) is 0. The lowest BCUT2D eigenvalue weighted by Gasteiger charge is -2.28. The molecule has 1 aliphatic carbocycles. The fraction of sp³-hybridized carbons (Fsp3) is 0.760. The average molecular weight is 407 g/mol. The third-order valence-corrected chi connectivity index (χ3v) is 5.56. The summed E-state index contributed by atoms with van der Waals surface area (Å²) >= 11 is 0. The van der Waals surface area contributed by atoms with Crippen LogP contribution in [0.1, 0.15) is 91.4 Å². The summed E-state index contributed by atoms with van der Waals surface area (Å²) in [5, 5.41) is 0. The standard InChI is InChI=1S/C25H42O4/c1-4-7-15-21-18-19-22(23(20-21)25(27)29-6-3)16-13-11-9-8-10-12-14-17-24(26)28-5-2/h13,16,18-19,21-23H,4-12,14-15,17,20H2,1-3H3/b16-13+/t21-,22-,23+/m1/s1.